The largest absolute Gasteiger partial charge is 0.512 e. The first-order chi connectivity index (χ1) is 25.0. The van der Waals surface area contributed by atoms with Crippen molar-refractivity contribution >= 4 is 38.4 Å². The third-order valence-corrected chi connectivity index (χ3v) is 11.7. The number of aliphatic hydroxyl groups is 1. The Hall–Kier alpha value is -4.05. The number of furan rings is 1. The van der Waals surface area contributed by atoms with Crippen LogP contribution in [0.25, 0.3) is 55.2 Å². The zero-order valence-electron chi connectivity index (χ0n) is 34.4. The van der Waals surface area contributed by atoms with E-state index in [9.17, 15) is 9.90 Å². The van der Waals surface area contributed by atoms with E-state index in [0.717, 1.165) is 75.5 Å². The summed E-state index contributed by atoms with van der Waals surface area (Å²) in [5.41, 5.74) is 9.25. The molecule has 4 aromatic carbocycles. The van der Waals surface area contributed by atoms with E-state index in [1.54, 1.807) is 0 Å². The summed E-state index contributed by atoms with van der Waals surface area (Å²) in [6.45, 7) is 25.3. The van der Waals surface area contributed by atoms with Crippen molar-refractivity contribution in [3.8, 4) is 22.6 Å². The summed E-state index contributed by atoms with van der Waals surface area (Å²) in [5, 5.41) is 14.5. The average molecular weight is 901 g/mol. The van der Waals surface area contributed by atoms with Crippen molar-refractivity contribution in [1.29, 1.82) is 0 Å². The van der Waals surface area contributed by atoms with Gasteiger partial charge in [0.2, 0.25) is 0 Å². The Morgan fingerprint density at radius 2 is 1.31 bits per heavy atom. The quantitative estimate of drug-likeness (QED) is 0.0892. The zero-order valence-corrected chi connectivity index (χ0v) is 36.8. The van der Waals surface area contributed by atoms with Crippen LogP contribution in [0.4, 0.5) is 0 Å². The van der Waals surface area contributed by atoms with Gasteiger partial charge in [-0.15, -0.1) is 29.1 Å². The number of allylic oxidation sites excluding steroid dienone is 2. The van der Waals surface area contributed by atoms with Crippen molar-refractivity contribution in [2.45, 2.75) is 114 Å². The molecule has 0 bridgehead atoms. The summed E-state index contributed by atoms with van der Waals surface area (Å²) in [6.07, 6.45) is 4.75. The minimum atomic E-state index is -0.337. The number of aryl methyl sites for hydroxylation is 3. The molecule has 2 heterocycles. The standard InChI is InChI=1S/C34H30NO.C15H28O2.Ir/c1-20-15-21(2)31(22(3)16-20)30-19-27-32(35-29-14-10-9-13-26(29)33(27)36-30)24-17-23-11-7-8-12-25(23)28(18-24)34(4,5)6;1-7-14(5,8-2)12(16)11-13(17)15(6,9-3)10-4;/h7-16,18-19H,1-6H3;11,16H,7-10H2,1-6H3;/q-1;;/b;12-11-;. The van der Waals surface area contributed by atoms with Crippen LogP contribution in [-0.4, -0.2) is 15.9 Å². The molecule has 1 N–H and O–H groups in total. The fourth-order valence-corrected chi connectivity index (χ4v) is 7.27. The zero-order chi connectivity index (χ0) is 38.9. The second-order valence-corrected chi connectivity index (χ2v) is 16.4. The number of ketones is 1. The Morgan fingerprint density at radius 3 is 1.89 bits per heavy atom. The van der Waals surface area contributed by atoms with E-state index < -0.39 is 0 Å². The second kappa shape index (κ2) is 16.8. The van der Waals surface area contributed by atoms with Crippen LogP contribution in [0.1, 0.15) is 110 Å². The van der Waals surface area contributed by atoms with Crippen LogP contribution < -0.4 is 0 Å². The van der Waals surface area contributed by atoms with Crippen molar-refractivity contribution < 1.29 is 34.4 Å². The summed E-state index contributed by atoms with van der Waals surface area (Å²) < 4.78 is 6.66. The van der Waals surface area contributed by atoms with Crippen molar-refractivity contribution in [1.82, 2.24) is 4.98 Å². The van der Waals surface area contributed by atoms with E-state index in [1.165, 1.54) is 33.7 Å². The number of rotatable bonds is 9. The summed E-state index contributed by atoms with van der Waals surface area (Å²) in [4.78, 5) is 17.4. The second-order valence-electron chi connectivity index (χ2n) is 16.4. The molecule has 0 fully saturated rings. The van der Waals surface area contributed by atoms with Gasteiger partial charge >= 0.3 is 0 Å². The number of benzene rings is 4. The van der Waals surface area contributed by atoms with Crippen LogP contribution >= 0.6 is 0 Å². The molecule has 0 saturated heterocycles. The van der Waals surface area contributed by atoms with Gasteiger partial charge in [0, 0.05) is 59.0 Å². The molecule has 0 aliphatic rings. The molecule has 6 aromatic rings. The topological polar surface area (TPSA) is 63.3 Å². The maximum Gasteiger partial charge on any atom is 0.164 e. The molecule has 0 aliphatic heterocycles. The molecule has 0 unspecified atom stereocenters. The molecule has 0 aliphatic carbocycles. The minimum absolute atomic E-state index is 0. The predicted octanol–water partition coefficient (Wildman–Crippen LogP) is 14.1. The number of nitrogens with zero attached hydrogens (tertiary/aromatic N) is 1. The van der Waals surface area contributed by atoms with E-state index >= 15 is 0 Å². The molecule has 54 heavy (non-hydrogen) atoms. The van der Waals surface area contributed by atoms with Crippen LogP contribution in [0.5, 0.6) is 0 Å². The number of para-hydroxylation sites is 1. The number of aliphatic hydroxyl groups excluding tert-OH is 1. The predicted molar refractivity (Wildman–Crippen MR) is 225 cm³/mol. The third kappa shape index (κ3) is 8.43. The van der Waals surface area contributed by atoms with Crippen molar-refractivity contribution in [3.63, 3.8) is 0 Å². The van der Waals surface area contributed by atoms with Gasteiger partial charge in [-0.2, -0.15) is 0 Å². The Balaban J connectivity index is 0.000000309. The molecule has 6 rings (SSSR count). The average Bonchev–Trinajstić information content (AvgIpc) is 3.57. The van der Waals surface area contributed by atoms with Crippen LogP contribution in [0.2, 0.25) is 0 Å². The van der Waals surface area contributed by atoms with Crippen LogP contribution in [0.15, 0.2) is 89.0 Å². The maximum atomic E-state index is 12.2. The van der Waals surface area contributed by atoms with Gasteiger partial charge in [-0.1, -0.05) is 121 Å². The first-order valence-corrected chi connectivity index (χ1v) is 19.3. The van der Waals surface area contributed by atoms with Crippen molar-refractivity contribution in [2.75, 3.05) is 0 Å². The van der Waals surface area contributed by atoms with Gasteiger partial charge in [0.05, 0.1) is 5.52 Å². The first-order valence-electron chi connectivity index (χ1n) is 19.3. The molecule has 4 nitrogen and oxygen atoms in total. The summed E-state index contributed by atoms with van der Waals surface area (Å²) in [5.74, 6) is 1.17. The fourth-order valence-electron chi connectivity index (χ4n) is 7.27. The summed E-state index contributed by atoms with van der Waals surface area (Å²) in [7, 11) is 0. The Labute approximate surface area is 336 Å². The Bertz CT molecular complexity index is 2290. The summed E-state index contributed by atoms with van der Waals surface area (Å²) >= 11 is 0. The van der Waals surface area contributed by atoms with Crippen molar-refractivity contribution in [2.24, 2.45) is 10.8 Å². The van der Waals surface area contributed by atoms with Crippen LogP contribution in [0.3, 0.4) is 0 Å². The van der Waals surface area contributed by atoms with Crippen LogP contribution in [0, 0.1) is 37.7 Å². The molecule has 2 aromatic heterocycles. The number of aromatic nitrogens is 1. The molecule has 287 valence electrons. The van der Waals surface area contributed by atoms with Crippen molar-refractivity contribution in [3.05, 3.63) is 113 Å². The van der Waals surface area contributed by atoms with Gasteiger partial charge in [0.25, 0.3) is 0 Å². The van der Waals surface area contributed by atoms with Crippen LogP contribution in [-0.2, 0) is 30.3 Å². The van der Waals surface area contributed by atoms with E-state index in [-0.39, 0.29) is 47.9 Å². The Kier molecular flexibility index (Phi) is 13.2. The number of fused-ring (bicyclic) bond motifs is 4. The normalized spacial score (nSPS) is 12.5. The number of carbonyl (C=O) groups excluding carboxylic acids is 1. The molecule has 1 radical (unpaired) electrons. The van der Waals surface area contributed by atoms with E-state index in [4.69, 9.17) is 9.40 Å². The van der Waals surface area contributed by atoms with Gasteiger partial charge < -0.3 is 9.52 Å². The maximum absolute atomic E-state index is 12.2. The number of carbonyl (C=O) groups is 1. The number of hydrogen-bond acceptors (Lipinski definition) is 4. The summed E-state index contributed by atoms with van der Waals surface area (Å²) in [6, 6.07) is 29.3. The van der Waals surface area contributed by atoms with Gasteiger partial charge in [0.15, 0.2) is 5.78 Å². The molecule has 0 atom stereocenters. The van der Waals surface area contributed by atoms with Gasteiger partial charge in [0.1, 0.15) is 17.1 Å². The molecule has 0 saturated carbocycles. The SMILES string of the molecule is CCC(C)(CC)C(=O)/C=C(\O)C(C)(CC)CC.Cc1cc(C)c(-c2cc3c(-c4[c-]c5ccccc5c(C(C)(C)C)c4)nc4ccccc4c3o2)c(C)c1.[Ir]. The molecular formula is C49H58IrNO3-. The molecule has 0 amide bonds. The first kappa shape index (κ1) is 42.7. The monoisotopic (exact) mass is 901 g/mol. The fraction of sp³-hybridized carbons (Fsp3) is 0.388. The third-order valence-electron chi connectivity index (χ3n) is 11.7. The van der Waals surface area contributed by atoms with Gasteiger partial charge in [-0.3, -0.25) is 9.78 Å². The minimum Gasteiger partial charge on any atom is -0.512 e. The smallest absolute Gasteiger partial charge is 0.164 e. The number of hydrogen-bond donors (Lipinski definition) is 1. The Morgan fingerprint density at radius 1 is 0.759 bits per heavy atom. The van der Waals surface area contributed by atoms with E-state index in [0.29, 0.717) is 0 Å². The van der Waals surface area contributed by atoms with E-state index in [2.05, 4.69) is 108 Å². The van der Waals surface area contributed by atoms with Gasteiger partial charge in [-0.05, 0) is 81.2 Å². The molecular weight excluding hydrogens is 843 g/mol. The van der Waals surface area contributed by atoms with Gasteiger partial charge in [-0.25, -0.2) is 0 Å². The van der Waals surface area contributed by atoms with E-state index in [1.807, 2.05) is 53.7 Å². The number of pyridine rings is 1. The molecule has 0 spiro atoms. The molecule has 5 heteroatoms.